The van der Waals surface area contributed by atoms with Crippen molar-refractivity contribution in [3.05, 3.63) is 0 Å². The van der Waals surface area contributed by atoms with Crippen molar-refractivity contribution in [1.29, 1.82) is 0 Å². The highest BCUT2D eigenvalue weighted by atomic mass is 16.5. The molecule has 2 aliphatic heterocycles. The molecule has 2 heterocycles. The molecule has 0 aliphatic carbocycles. The van der Waals surface area contributed by atoms with Crippen molar-refractivity contribution in [3.63, 3.8) is 0 Å². The van der Waals surface area contributed by atoms with E-state index in [1.165, 1.54) is 0 Å². The summed E-state index contributed by atoms with van der Waals surface area (Å²) in [5.41, 5.74) is 0. The van der Waals surface area contributed by atoms with Crippen LogP contribution in [0.1, 0.15) is 26.7 Å². The van der Waals surface area contributed by atoms with Crippen LogP contribution in [-0.2, 0) is 9.47 Å². The van der Waals surface area contributed by atoms with Gasteiger partial charge in [-0.3, -0.25) is 0 Å². The maximum absolute atomic E-state index is 11.7. The van der Waals surface area contributed by atoms with Gasteiger partial charge in [-0.15, -0.1) is 0 Å². The number of carbonyl (C=O) groups excluding carboxylic acids is 1. The third-order valence-corrected chi connectivity index (χ3v) is 4.02. The van der Waals surface area contributed by atoms with E-state index < -0.39 is 0 Å². The number of amides is 2. The van der Waals surface area contributed by atoms with E-state index in [2.05, 4.69) is 24.5 Å². The van der Waals surface area contributed by atoms with Crippen LogP contribution in [0.4, 0.5) is 4.79 Å². The van der Waals surface area contributed by atoms with E-state index in [1.54, 1.807) is 0 Å². The fraction of sp³-hybridized carbons (Fsp3) is 0.929. The van der Waals surface area contributed by atoms with Crippen molar-refractivity contribution in [2.75, 3.05) is 32.9 Å². The van der Waals surface area contributed by atoms with Crippen molar-refractivity contribution < 1.29 is 14.3 Å². The first kappa shape index (κ1) is 14.6. The Morgan fingerprint density at radius 2 is 2.00 bits per heavy atom. The van der Waals surface area contributed by atoms with Crippen LogP contribution in [0.5, 0.6) is 0 Å². The van der Waals surface area contributed by atoms with Crippen molar-refractivity contribution in [3.8, 4) is 0 Å². The summed E-state index contributed by atoms with van der Waals surface area (Å²) in [6, 6.07) is -0.0682. The molecule has 19 heavy (non-hydrogen) atoms. The second-order valence-corrected chi connectivity index (χ2v) is 5.95. The Morgan fingerprint density at radius 3 is 2.68 bits per heavy atom. The number of hydrogen-bond donors (Lipinski definition) is 2. The molecule has 5 nitrogen and oxygen atoms in total. The predicted molar refractivity (Wildman–Crippen MR) is 73.0 cm³/mol. The molecule has 2 saturated heterocycles. The first-order chi connectivity index (χ1) is 9.16. The fourth-order valence-corrected chi connectivity index (χ4v) is 2.88. The molecular formula is C14H26N2O3. The molecular weight excluding hydrogens is 244 g/mol. The van der Waals surface area contributed by atoms with Crippen LogP contribution in [0.3, 0.4) is 0 Å². The molecule has 3 atom stereocenters. The molecule has 2 amide bonds. The number of urea groups is 1. The third kappa shape index (κ3) is 4.35. The van der Waals surface area contributed by atoms with Gasteiger partial charge in [0.05, 0.1) is 12.7 Å². The van der Waals surface area contributed by atoms with Crippen molar-refractivity contribution in [2.45, 2.75) is 32.8 Å². The Hall–Kier alpha value is -0.810. The average molecular weight is 270 g/mol. The van der Waals surface area contributed by atoms with Crippen LogP contribution in [0.15, 0.2) is 0 Å². The topological polar surface area (TPSA) is 59.6 Å². The lowest BCUT2D eigenvalue weighted by molar-refractivity contribution is 0.0545. The quantitative estimate of drug-likeness (QED) is 0.793. The zero-order valence-electron chi connectivity index (χ0n) is 12.0. The monoisotopic (exact) mass is 270 g/mol. The SMILES string of the molecule is CC(C)[C@H]1OCC[C@@H]1CNC(=O)NC[C@@H]1CCOC1. The third-order valence-electron chi connectivity index (χ3n) is 4.02. The maximum atomic E-state index is 11.7. The molecule has 0 aromatic carbocycles. The molecule has 110 valence electrons. The zero-order chi connectivity index (χ0) is 13.7. The lowest BCUT2D eigenvalue weighted by Gasteiger charge is -2.22. The first-order valence-corrected chi connectivity index (χ1v) is 7.38. The van der Waals surface area contributed by atoms with Crippen molar-refractivity contribution in [1.82, 2.24) is 10.6 Å². The minimum Gasteiger partial charge on any atom is -0.381 e. The summed E-state index contributed by atoms with van der Waals surface area (Å²) >= 11 is 0. The smallest absolute Gasteiger partial charge is 0.314 e. The lowest BCUT2D eigenvalue weighted by atomic mass is 9.93. The van der Waals surface area contributed by atoms with Gasteiger partial charge < -0.3 is 20.1 Å². The van der Waals surface area contributed by atoms with Gasteiger partial charge in [-0.05, 0) is 18.8 Å². The summed E-state index contributed by atoms with van der Waals surface area (Å²) in [6.45, 7) is 8.16. The van der Waals surface area contributed by atoms with Gasteiger partial charge in [0.15, 0.2) is 0 Å². The zero-order valence-corrected chi connectivity index (χ0v) is 12.0. The summed E-state index contributed by atoms with van der Waals surface area (Å²) in [5, 5.41) is 5.88. The van der Waals surface area contributed by atoms with Gasteiger partial charge in [0, 0.05) is 38.1 Å². The minimum atomic E-state index is -0.0682. The molecule has 0 bridgehead atoms. The van der Waals surface area contributed by atoms with E-state index >= 15 is 0 Å². The molecule has 0 unspecified atom stereocenters. The van der Waals surface area contributed by atoms with Gasteiger partial charge in [-0.2, -0.15) is 0 Å². The van der Waals surface area contributed by atoms with Gasteiger partial charge >= 0.3 is 6.03 Å². The lowest BCUT2D eigenvalue weighted by Crippen LogP contribution is -2.42. The number of hydrogen-bond acceptors (Lipinski definition) is 3. The van der Waals surface area contributed by atoms with Gasteiger partial charge in [0.2, 0.25) is 0 Å². The first-order valence-electron chi connectivity index (χ1n) is 7.38. The number of ether oxygens (including phenoxy) is 2. The minimum absolute atomic E-state index is 0.0682. The highest BCUT2D eigenvalue weighted by molar-refractivity contribution is 5.73. The molecule has 0 saturated carbocycles. The number of rotatable bonds is 5. The van der Waals surface area contributed by atoms with Gasteiger partial charge in [-0.25, -0.2) is 4.79 Å². The van der Waals surface area contributed by atoms with Gasteiger partial charge in [-0.1, -0.05) is 13.8 Å². The van der Waals surface area contributed by atoms with Crippen LogP contribution < -0.4 is 10.6 Å². The Bertz CT molecular complexity index is 290. The van der Waals surface area contributed by atoms with Gasteiger partial charge in [0.1, 0.15) is 0 Å². The molecule has 5 heteroatoms. The molecule has 2 fully saturated rings. The van der Waals surface area contributed by atoms with Crippen molar-refractivity contribution >= 4 is 6.03 Å². The molecule has 0 spiro atoms. The Labute approximate surface area is 115 Å². The van der Waals surface area contributed by atoms with Crippen LogP contribution in [0.2, 0.25) is 0 Å². The number of nitrogens with one attached hydrogen (secondary N) is 2. The maximum Gasteiger partial charge on any atom is 0.314 e. The highest BCUT2D eigenvalue weighted by Gasteiger charge is 2.30. The number of carbonyl (C=O) groups is 1. The van der Waals surface area contributed by atoms with Gasteiger partial charge in [0.25, 0.3) is 0 Å². The van der Waals surface area contributed by atoms with E-state index in [0.29, 0.717) is 30.8 Å². The Kier molecular flexibility index (Phi) is 5.45. The van der Waals surface area contributed by atoms with E-state index in [1.807, 2.05) is 0 Å². The van der Waals surface area contributed by atoms with Crippen molar-refractivity contribution in [2.24, 2.45) is 17.8 Å². The van der Waals surface area contributed by atoms with E-state index in [9.17, 15) is 4.79 Å². The second-order valence-electron chi connectivity index (χ2n) is 5.95. The summed E-state index contributed by atoms with van der Waals surface area (Å²) in [6.07, 6.45) is 2.37. The van der Waals surface area contributed by atoms with Crippen LogP contribution in [0, 0.1) is 17.8 Å². The van der Waals surface area contributed by atoms with Crippen LogP contribution in [-0.4, -0.2) is 45.0 Å². The molecule has 0 aromatic heterocycles. The normalized spacial score (nSPS) is 30.8. The largest absolute Gasteiger partial charge is 0.381 e. The molecule has 2 N–H and O–H groups in total. The van der Waals surface area contributed by atoms with E-state index in [-0.39, 0.29) is 12.1 Å². The standard InChI is InChI=1S/C14H26N2O3/c1-10(2)13-12(4-6-19-13)8-16-14(17)15-7-11-3-5-18-9-11/h10-13H,3-9H2,1-2H3,(H2,15,16,17)/t11-,12+,13+/m0/s1. The molecule has 2 rings (SSSR count). The summed E-state index contributed by atoms with van der Waals surface area (Å²) in [7, 11) is 0. The molecule has 2 aliphatic rings. The Morgan fingerprint density at radius 1 is 1.21 bits per heavy atom. The molecule has 0 aromatic rings. The van der Waals surface area contributed by atoms with E-state index in [0.717, 1.165) is 32.7 Å². The Balaban J connectivity index is 1.62. The average Bonchev–Trinajstić information content (AvgIpc) is 3.04. The predicted octanol–water partition coefficient (Wildman–Crippen LogP) is 1.38. The summed E-state index contributed by atoms with van der Waals surface area (Å²) in [4.78, 5) is 11.7. The summed E-state index contributed by atoms with van der Waals surface area (Å²) < 4.78 is 11.0. The van der Waals surface area contributed by atoms with E-state index in [4.69, 9.17) is 9.47 Å². The molecule has 0 radical (unpaired) electrons. The highest BCUT2D eigenvalue weighted by Crippen LogP contribution is 2.25. The second kappa shape index (κ2) is 7.10. The van der Waals surface area contributed by atoms with Crippen LogP contribution in [0.25, 0.3) is 0 Å². The summed E-state index contributed by atoms with van der Waals surface area (Å²) in [5.74, 6) is 1.43. The fourth-order valence-electron chi connectivity index (χ4n) is 2.88. The van der Waals surface area contributed by atoms with Crippen LogP contribution >= 0.6 is 0 Å².